The molecule has 3 heterocycles. The van der Waals surface area contributed by atoms with Crippen molar-refractivity contribution in [1.82, 2.24) is 14.5 Å². The van der Waals surface area contributed by atoms with Crippen molar-refractivity contribution in [3.63, 3.8) is 0 Å². The number of ether oxygens (including phenoxy) is 1. The lowest BCUT2D eigenvalue weighted by Crippen LogP contribution is -2.49. The van der Waals surface area contributed by atoms with Gasteiger partial charge in [0.2, 0.25) is 10.0 Å². The lowest BCUT2D eigenvalue weighted by atomic mass is 10.2. The molecule has 4 rings (SSSR count). The molecule has 0 unspecified atom stereocenters. The Labute approximate surface area is 165 Å². The predicted molar refractivity (Wildman–Crippen MR) is 107 cm³/mol. The fourth-order valence-electron chi connectivity index (χ4n) is 3.58. The molecular weight excluding hydrogens is 378 g/mol. The number of nitrogens with zero attached hydrogens (tertiary/aromatic N) is 5. The maximum Gasteiger partial charge on any atom is 0.243 e. The molecule has 28 heavy (non-hydrogen) atoms. The van der Waals surface area contributed by atoms with E-state index in [1.807, 2.05) is 19.1 Å². The Hall–Kier alpha value is -2.23. The largest absolute Gasteiger partial charge is 0.378 e. The van der Waals surface area contributed by atoms with E-state index in [0.717, 1.165) is 30.2 Å². The minimum atomic E-state index is -3.47. The number of benzene rings is 1. The van der Waals surface area contributed by atoms with Crippen molar-refractivity contribution in [3.05, 3.63) is 42.1 Å². The average molecular weight is 404 g/mol. The molecule has 2 saturated heterocycles. The second-order valence-corrected chi connectivity index (χ2v) is 9.02. The van der Waals surface area contributed by atoms with Gasteiger partial charge in [0, 0.05) is 45.3 Å². The van der Waals surface area contributed by atoms with Crippen LogP contribution in [0.2, 0.25) is 0 Å². The fraction of sp³-hybridized carbons (Fsp3) is 0.474. The fourth-order valence-corrected chi connectivity index (χ4v) is 5.10. The van der Waals surface area contributed by atoms with E-state index >= 15 is 0 Å². The van der Waals surface area contributed by atoms with Crippen molar-refractivity contribution in [2.75, 3.05) is 62.3 Å². The van der Waals surface area contributed by atoms with Gasteiger partial charge in [-0.05, 0) is 24.6 Å². The molecular formula is C19H25N5O3S. The molecule has 1 aromatic heterocycles. The molecule has 2 aromatic rings. The second-order valence-electron chi connectivity index (χ2n) is 7.08. The third-order valence-electron chi connectivity index (χ3n) is 5.19. The van der Waals surface area contributed by atoms with E-state index < -0.39 is 10.0 Å². The second kappa shape index (κ2) is 8.02. The van der Waals surface area contributed by atoms with Gasteiger partial charge in [0.05, 0.1) is 30.0 Å². The molecule has 0 amide bonds. The van der Waals surface area contributed by atoms with Gasteiger partial charge in [-0.2, -0.15) is 9.40 Å². The monoisotopic (exact) mass is 403 g/mol. The Balaban J connectivity index is 1.44. The van der Waals surface area contributed by atoms with Crippen molar-refractivity contribution < 1.29 is 13.2 Å². The molecule has 8 nitrogen and oxygen atoms in total. The molecule has 9 heteroatoms. The van der Waals surface area contributed by atoms with Crippen molar-refractivity contribution in [2.45, 2.75) is 11.8 Å². The van der Waals surface area contributed by atoms with Crippen molar-refractivity contribution >= 4 is 21.5 Å². The van der Waals surface area contributed by atoms with Crippen molar-refractivity contribution in [3.8, 4) is 0 Å². The molecule has 0 atom stereocenters. The van der Waals surface area contributed by atoms with Crippen molar-refractivity contribution in [2.24, 2.45) is 0 Å². The lowest BCUT2D eigenvalue weighted by Gasteiger charge is -2.35. The van der Waals surface area contributed by atoms with Crippen molar-refractivity contribution in [1.29, 1.82) is 0 Å². The first-order valence-corrected chi connectivity index (χ1v) is 11.0. The van der Waals surface area contributed by atoms with Crippen LogP contribution in [0.1, 0.15) is 5.56 Å². The molecule has 2 aliphatic rings. The van der Waals surface area contributed by atoms with Crippen LogP contribution >= 0.6 is 0 Å². The van der Waals surface area contributed by atoms with Gasteiger partial charge in [-0.15, -0.1) is 5.10 Å². The number of aryl methyl sites for hydroxylation is 1. The number of rotatable bonds is 4. The first-order valence-electron chi connectivity index (χ1n) is 9.51. The van der Waals surface area contributed by atoms with Crippen LogP contribution in [0.4, 0.5) is 11.5 Å². The Morgan fingerprint density at radius 1 is 0.964 bits per heavy atom. The van der Waals surface area contributed by atoms with Gasteiger partial charge in [-0.3, -0.25) is 0 Å². The molecule has 0 spiro atoms. The minimum Gasteiger partial charge on any atom is -0.378 e. The minimum absolute atomic E-state index is 0.357. The predicted octanol–water partition coefficient (Wildman–Crippen LogP) is 1.13. The number of hydrogen-bond acceptors (Lipinski definition) is 7. The summed E-state index contributed by atoms with van der Waals surface area (Å²) in [7, 11) is -3.47. The van der Waals surface area contributed by atoms with E-state index in [2.05, 4.69) is 20.0 Å². The molecule has 0 bridgehead atoms. The van der Waals surface area contributed by atoms with E-state index in [1.165, 1.54) is 0 Å². The molecule has 2 aliphatic heterocycles. The van der Waals surface area contributed by atoms with Gasteiger partial charge in [0.15, 0.2) is 5.82 Å². The summed E-state index contributed by atoms with van der Waals surface area (Å²) >= 11 is 0. The van der Waals surface area contributed by atoms with Crippen LogP contribution in [-0.4, -0.2) is 75.4 Å². The van der Waals surface area contributed by atoms with Crippen LogP contribution in [0.15, 0.2) is 41.4 Å². The van der Waals surface area contributed by atoms with E-state index in [9.17, 15) is 8.42 Å². The Bertz CT molecular complexity index is 923. The van der Waals surface area contributed by atoms with Gasteiger partial charge in [-0.1, -0.05) is 12.1 Å². The highest BCUT2D eigenvalue weighted by molar-refractivity contribution is 7.89. The topological polar surface area (TPSA) is 78.9 Å². The van der Waals surface area contributed by atoms with Gasteiger partial charge in [0.1, 0.15) is 0 Å². The maximum atomic E-state index is 12.9. The summed E-state index contributed by atoms with van der Waals surface area (Å²) < 4.78 is 32.8. The lowest BCUT2D eigenvalue weighted by molar-refractivity contribution is 0.122. The summed E-state index contributed by atoms with van der Waals surface area (Å²) in [5.41, 5.74) is 1.97. The first kappa shape index (κ1) is 19.1. The standard InChI is InChI=1S/C19H25N5O3S/c1-16-3-2-4-18(13-16)28(25,26)24-7-5-23(6-8-24)19-14-17(15-20-21-19)22-9-11-27-12-10-22/h2-4,13-15H,5-12H2,1H3. The Morgan fingerprint density at radius 3 is 2.43 bits per heavy atom. The highest BCUT2D eigenvalue weighted by Gasteiger charge is 2.29. The summed E-state index contributed by atoms with van der Waals surface area (Å²) in [6, 6.07) is 9.09. The number of piperazine rings is 1. The van der Waals surface area contributed by atoms with Crippen LogP contribution in [0, 0.1) is 6.92 Å². The molecule has 2 fully saturated rings. The summed E-state index contributed by atoms with van der Waals surface area (Å²) in [6.07, 6.45) is 1.77. The van der Waals surface area contributed by atoms with Gasteiger partial charge >= 0.3 is 0 Å². The van der Waals surface area contributed by atoms with E-state index in [-0.39, 0.29) is 0 Å². The van der Waals surface area contributed by atoms with Crippen LogP contribution in [0.25, 0.3) is 0 Å². The Kier molecular flexibility index (Phi) is 5.47. The zero-order valence-electron chi connectivity index (χ0n) is 16.0. The van der Waals surface area contributed by atoms with E-state index in [0.29, 0.717) is 44.3 Å². The van der Waals surface area contributed by atoms with Gasteiger partial charge in [-0.25, -0.2) is 8.42 Å². The average Bonchev–Trinajstić information content (AvgIpc) is 2.74. The van der Waals surface area contributed by atoms with Gasteiger partial charge in [0.25, 0.3) is 0 Å². The van der Waals surface area contributed by atoms with Crippen LogP contribution in [0.5, 0.6) is 0 Å². The molecule has 0 saturated carbocycles. The number of sulfonamides is 1. The number of anilines is 2. The highest BCUT2D eigenvalue weighted by Crippen LogP contribution is 2.23. The molecule has 0 aliphatic carbocycles. The Morgan fingerprint density at radius 2 is 1.71 bits per heavy atom. The number of hydrogen-bond donors (Lipinski definition) is 0. The van der Waals surface area contributed by atoms with Crippen LogP contribution < -0.4 is 9.80 Å². The SMILES string of the molecule is Cc1cccc(S(=O)(=O)N2CCN(c3cc(N4CCOCC4)cnn3)CC2)c1. The van der Waals surface area contributed by atoms with E-state index in [1.54, 1.807) is 28.7 Å². The molecule has 1 aromatic carbocycles. The maximum absolute atomic E-state index is 12.9. The summed E-state index contributed by atoms with van der Waals surface area (Å²) in [4.78, 5) is 4.69. The molecule has 150 valence electrons. The highest BCUT2D eigenvalue weighted by atomic mass is 32.2. The van der Waals surface area contributed by atoms with Gasteiger partial charge < -0.3 is 14.5 Å². The zero-order chi connectivity index (χ0) is 19.6. The summed E-state index contributed by atoms with van der Waals surface area (Å²) in [6.45, 7) is 7.05. The van der Waals surface area contributed by atoms with Crippen LogP contribution in [-0.2, 0) is 14.8 Å². The number of morpholine rings is 1. The normalized spacial score (nSPS) is 19.0. The van der Waals surface area contributed by atoms with Crippen LogP contribution in [0.3, 0.4) is 0 Å². The summed E-state index contributed by atoms with van der Waals surface area (Å²) in [5.74, 6) is 0.789. The zero-order valence-corrected chi connectivity index (χ0v) is 16.8. The molecule has 0 N–H and O–H groups in total. The summed E-state index contributed by atoms with van der Waals surface area (Å²) in [5, 5.41) is 8.42. The molecule has 0 radical (unpaired) electrons. The number of aromatic nitrogens is 2. The smallest absolute Gasteiger partial charge is 0.243 e. The third-order valence-corrected chi connectivity index (χ3v) is 7.09. The quantitative estimate of drug-likeness (QED) is 0.757. The van der Waals surface area contributed by atoms with E-state index in [4.69, 9.17) is 4.74 Å². The third kappa shape index (κ3) is 3.96. The first-order chi connectivity index (χ1) is 13.5.